The third-order valence-electron chi connectivity index (χ3n) is 3.87. The molecule has 0 aliphatic rings. The van der Waals surface area contributed by atoms with Gasteiger partial charge in [-0.15, -0.1) is 0 Å². The molecule has 0 spiro atoms. The summed E-state index contributed by atoms with van der Waals surface area (Å²) < 4.78 is 31.7. The number of hydrogen-bond donors (Lipinski definition) is 1. The van der Waals surface area contributed by atoms with Gasteiger partial charge in [0.25, 0.3) is 0 Å². The summed E-state index contributed by atoms with van der Waals surface area (Å²) in [6, 6.07) is 11.6. The number of amides is 1. The van der Waals surface area contributed by atoms with Crippen molar-refractivity contribution in [2.75, 3.05) is 0 Å². The normalized spacial score (nSPS) is 12.0. The van der Waals surface area contributed by atoms with Crippen LogP contribution in [0.4, 0.5) is 8.78 Å². The number of halogens is 2. The highest BCUT2D eigenvalue weighted by Gasteiger charge is 2.17. The molecule has 7 heteroatoms. The fraction of sp³-hybridized carbons (Fsp3) is 0.211. The standard InChI is InChI=1S/C19H17F2N3O2/c1-12(22-17(25)11-8-13-4-2-3-5-16(13)21)19-23-18(24-26-19)14-6-9-15(20)10-7-14/h2-7,9-10,12H,8,11H2,1H3,(H,22,25). The Bertz CT molecular complexity index is 894. The van der Waals surface area contributed by atoms with Gasteiger partial charge >= 0.3 is 0 Å². The predicted molar refractivity (Wildman–Crippen MR) is 91.0 cm³/mol. The summed E-state index contributed by atoms with van der Waals surface area (Å²) in [6.45, 7) is 1.71. The lowest BCUT2D eigenvalue weighted by molar-refractivity contribution is -0.121. The van der Waals surface area contributed by atoms with Crippen LogP contribution in [0.25, 0.3) is 11.4 Å². The Kier molecular flexibility index (Phi) is 5.36. The molecule has 0 saturated heterocycles. The summed E-state index contributed by atoms with van der Waals surface area (Å²) in [5.74, 6) is -0.375. The van der Waals surface area contributed by atoms with Crippen LogP contribution in [0.1, 0.15) is 30.8 Å². The van der Waals surface area contributed by atoms with E-state index >= 15 is 0 Å². The van der Waals surface area contributed by atoms with Crippen molar-refractivity contribution in [2.24, 2.45) is 0 Å². The zero-order valence-electron chi connectivity index (χ0n) is 14.1. The SMILES string of the molecule is CC(NC(=O)CCc1ccccc1F)c1nc(-c2ccc(F)cc2)no1. The molecule has 1 N–H and O–H groups in total. The monoisotopic (exact) mass is 357 g/mol. The van der Waals surface area contributed by atoms with Crippen molar-refractivity contribution in [3.05, 3.63) is 71.6 Å². The lowest BCUT2D eigenvalue weighted by atomic mass is 10.1. The Balaban J connectivity index is 1.58. The van der Waals surface area contributed by atoms with E-state index in [9.17, 15) is 13.6 Å². The fourth-order valence-electron chi connectivity index (χ4n) is 2.45. The van der Waals surface area contributed by atoms with Gasteiger partial charge in [0, 0.05) is 12.0 Å². The van der Waals surface area contributed by atoms with E-state index in [0.29, 0.717) is 23.4 Å². The van der Waals surface area contributed by atoms with Gasteiger partial charge in [0.15, 0.2) is 0 Å². The lowest BCUT2D eigenvalue weighted by Gasteiger charge is -2.09. The maximum atomic E-state index is 13.6. The highest BCUT2D eigenvalue weighted by atomic mass is 19.1. The van der Waals surface area contributed by atoms with Gasteiger partial charge in [0.2, 0.25) is 17.6 Å². The van der Waals surface area contributed by atoms with Crippen LogP contribution in [0.3, 0.4) is 0 Å². The molecule has 0 saturated carbocycles. The molecule has 0 bridgehead atoms. The Morgan fingerprint density at radius 2 is 1.88 bits per heavy atom. The zero-order valence-corrected chi connectivity index (χ0v) is 14.1. The van der Waals surface area contributed by atoms with Crippen LogP contribution in [0.15, 0.2) is 53.1 Å². The molecule has 1 aromatic heterocycles. The molecule has 1 heterocycles. The largest absolute Gasteiger partial charge is 0.345 e. The molecule has 0 aliphatic heterocycles. The minimum atomic E-state index is -0.496. The molecule has 3 rings (SSSR count). The number of rotatable bonds is 6. The van der Waals surface area contributed by atoms with Crippen molar-refractivity contribution in [2.45, 2.75) is 25.8 Å². The highest BCUT2D eigenvalue weighted by Crippen LogP contribution is 2.19. The number of aromatic nitrogens is 2. The van der Waals surface area contributed by atoms with Crippen LogP contribution in [-0.2, 0) is 11.2 Å². The van der Waals surface area contributed by atoms with E-state index < -0.39 is 6.04 Å². The second-order valence-corrected chi connectivity index (χ2v) is 5.84. The molecule has 2 aromatic carbocycles. The maximum absolute atomic E-state index is 13.6. The average molecular weight is 357 g/mol. The first-order valence-corrected chi connectivity index (χ1v) is 8.15. The van der Waals surface area contributed by atoms with Crippen molar-refractivity contribution in [1.29, 1.82) is 0 Å². The molecule has 0 radical (unpaired) electrons. The van der Waals surface area contributed by atoms with E-state index in [-0.39, 0.29) is 29.9 Å². The molecular weight excluding hydrogens is 340 g/mol. The minimum absolute atomic E-state index is 0.143. The fourth-order valence-corrected chi connectivity index (χ4v) is 2.45. The van der Waals surface area contributed by atoms with Crippen LogP contribution in [0.5, 0.6) is 0 Å². The summed E-state index contributed by atoms with van der Waals surface area (Å²) in [4.78, 5) is 16.3. The van der Waals surface area contributed by atoms with Gasteiger partial charge in [-0.1, -0.05) is 23.4 Å². The van der Waals surface area contributed by atoms with E-state index in [0.717, 1.165) is 0 Å². The third-order valence-corrected chi connectivity index (χ3v) is 3.87. The van der Waals surface area contributed by atoms with Gasteiger partial charge in [-0.2, -0.15) is 4.98 Å². The van der Waals surface area contributed by atoms with E-state index in [4.69, 9.17) is 4.52 Å². The van der Waals surface area contributed by atoms with Gasteiger partial charge in [-0.25, -0.2) is 8.78 Å². The maximum Gasteiger partial charge on any atom is 0.249 e. The second kappa shape index (κ2) is 7.86. The number of carbonyl (C=O) groups is 1. The average Bonchev–Trinajstić information content (AvgIpc) is 3.12. The molecule has 1 unspecified atom stereocenters. The number of aryl methyl sites for hydroxylation is 1. The summed E-state index contributed by atoms with van der Waals surface area (Å²) in [5.41, 5.74) is 1.10. The smallest absolute Gasteiger partial charge is 0.249 e. The summed E-state index contributed by atoms with van der Waals surface area (Å²) in [7, 11) is 0. The molecule has 5 nitrogen and oxygen atoms in total. The first-order valence-electron chi connectivity index (χ1n) is 8.15. The summed E-state index contributed by atoms with van der Waals surface area (Å²) >= 11 is 0. The second-order valence-electron chi connectivity index (χ2n) is 5.84. The first-order chi connectivity index (χ1) is 12.5. The number of benzene rings is 2. The third kappa shape index (κ3) is 4.30. The number of nitrogens with one attached hydrogen (secondary N) is 1. The van der Waals surface area contributed by atoms with Crippen LogP contribution in [-0.4, -0.2) is 16.0 Å². The molecule has 1 amide bonds. The van der Waals surface area contributed by atoms with Crippen LogP contribution in [0.2, 0.25) is 0 Å². The first kappa shape index (κ1) is 17.7. The van der Waals surface area contributed by atoms with Crippen molar-refractivity contribution in [1.82, 2.24) is 15.5 Å². The molecule has 26 heavy (non-hydrogen) atoms. The van der Waals surface area contributed by atoms with E-state index in [1.807, 2.05) is 0 Å². The molecular formula is C19H17F2N3O2. The molecule has 3 aromatic rings. The summed E-state index contributed by atoms with van der Waals surface area (Å²) in [6.07, 6.45) is 0.445. The molecule has 0 fully saturated rings. The highest BCUT2D eigenvalue weighted by molar-refractivity contribution is 5.76. The Morgan fingerprint density at radius 1 is 1.15 bits per heavy atom. The van der Waals surface area contributed by atoms with Crippen LogP contribution in [0, 0.1) is 11.6 Å². The number of nitrogens with zero attached hydrogens (tertiary/aromatic N) is 2. The van der Waals surface area contributed by atoms with E-state index in [2.05, 4.69) is 15.5 Å². The Hall–Kier alpha value is -3.09. The van der Waals surface area contributed by atoms with Crippen LogP contribution >= 0.6 is 0 Å². The van der Waals surface area contributed by atoms with Crippen LogP contribution < -0.4 is 5.32 Å². The van der Waals surface area contributed by atoms with Crippen molar-refractivity contribution >= 4 is 5.91 Å². The van der Waals surface area contributed by atoms with Crippen molar-refractivity contribution in [3.63, 3.8) is 0 Å². The minimum Gasteiger partial charge on any atom is -0.345 e. The van der Waals surface area contributed by atoms with Crippen molar-refractivity contribution < 1.29 is 18.1 Å². The predicted octanol–water partition coefficient (Wildman–Crippen LogP) is 3.82. The topological polar surface area (TPSA) is 68.0 Å². The van der Waals surface area contributed by atoms with Gasteiger partial charge in [0.1, 0.15) is 17.7 Å². The molecule has 1 atom stereocenters. The van der Waals surface area contributed by atoms with E-state index in [1.165, 1.54) is 18.2 Å². The van der Waals surface area contributed by atoms with Crippen molar-refractivity contribution in [3.8, 4) is 11.4 Å². The Labute approximate surface area is 149 Å². The zero-order chi connectivity index (χ0) is 18.5. The van der Waals surface area contributed by atoms with Gasteiger partial charge < -0.3 is 9.84 Å². The Morgan fingerprint density at radius 3 is 2.62 bits per heavy atom. The van der Waals surface area contributed by atoms with Gasteiger partial charge in [0.05, 0.1) is 0 Å². The quantitative estimate of drug-likeness (QED) is 0.728. The number of hydrogen-bond acceptors (Lipinski definition) is 4. The molecule has 134 valence electrons. The van der Waals surface area contributed by atoms with Gasteiger partial charge in [-0.3, -0.25) is 4.79 Å². The molecule has 0 aliphatic carbocycles. The van der Waals surface area contributed by atoms with Gasteiger partial charge in [-0.05, 0) is 49.2 Å². The number of carbonyl (C=O) groups excluding carboxylic acids is 1. The summed E-state index contributed by atoms with van der Waals surface area (Å²) in [5, 5.41) is 6.58. The van der Waals surface area contributed by atoms with E-state index in [1.54, 1.807) is 37.3 Å². The lowest BCUT2D eigenvalue weighted by Crippen LogP contribution is -2.27.